The number of rotatable bonds is 5. The Morgan fingerprint density at radius 1 is 1.22 bits per heavy atom. The van der Waals surface area contributed by atoms with Crippen LogP contribution in [0.3, 0.4) is 0 Å². The van der Waals surface area contributed by atoms with Crippen LogP contribution < -0.4 is 5.32 Å². The zero-order valence-corrected chi connectivity index (χ0v) is 16.1. The lowest BCUT2D eigenvalue weighted by atomic mass is 10.0. The summed E-state index contributed by atoms with van der Waals surface area (Å²) in [5, 5.41) is 8.38. The summed E-state index contributed by atoms with van der Waals surface area (Å²) in [6.07, 6.45) is -1.75. The maximum absolute atomic E-state index is 12.7. The minimum absolute atomic E-state index is 0.270. The van der Waals surface area contributed by atoms with Gasteiger partial charge in [0.15, 0.2) is 0 Å². The van der Waals surface area contributed by atoms with Crippen LogP contribution in [0.5, 0.6) is 0 Å². The van der Waals surface area contributed by atoms with Crippen LogP contribution >= 0.6 is 22.7 Å². The van der Waals surface area contributed by atoms with E-state index in [9.17, 15) is 13.2 Å². The van der Waals surface area contributed by atoms with Crippen molar-refractivity contribution in [3.05, 3.63) is 39.7 Å². The number of nitrogens with zero attached hydrogens (tertiary/aromatic N) is 3. The third kappa shape index (κ3) is 4.77. The molecule has 4 rings (SSSR count). The quantitative estimate of drug-likeness (QED) is 0.645. The monoisotopic (exact) mass is 412 g/mol. The van der Waals surface area contributed by atoms with Crippen molar-refractivity contribution in [3.63, 3.8) is 0 Å². The second-order valence-corrected chi connectivity index (χ2v) is 8.67. The Morgan fingerprint density at radius 2 is 2.04 bits per heavy atom. The zero-order valence-electron chi connectivity index (χ0n) is 14.5. The van der Waals surface area contributed by atoms with Gasteiger partial charge in [0.25, 0.3) is 0 Å². The van der Waals surface area contributed by atoms with E-state index in [1.807, 2.05) is 0 Å². The van der Waals surface area contributed by atoms with E-state index in [0.717, 1.165) is 43.8 Å². The van der Waals surface area contributed by atoms with Crippen molar-refractivity contribution in [1.29, 1.82) is 0 Å². The third-order valence-corrected chi connectivity index (χ3v) is 6.44. The zero-order chi connectivity index (χ0) is 18.9. The highest BCUT2D eigenvalue weighted by Crippen LogP contribution is 2.33. The Labute approximate surface area is 163 Å². The molecule has 3 aromatic rings. The first-order chi connectivity index (χ1) is 13.0. The van der Waals surface area contributed by atoms with Crippen molar-refractivity contribution >= 4 is 38.7 Å². The molecule has 1 saturated heterocycles. The summed E-state index contributed by atoms with van der Waals surface area (Å²) in [7, 11) is 0. The maximum Gasteiger partial charge on any atom is 0.393 e. The number of anilines is 1. The number of thiophene rings is 2. The summed E-state index contributed by atoms with van der Waals surface area (Å²) in [5.41, 5.74) is 1.35. The molecule has 144 valence electrons. The van der Waals surface area contributed by atoms with E-state index >= 15 is 0 Å². The fourth-order valence-corrected chi connectivity index (χ4v) is 5.06. The number of hydrogen-bond acceptors (Lipinski definition) is 6. The first-order valence-corrected chi connectivity index (χ1v) is 10.5. The number of likely N-dealkylation sites (tertiary alicyclic amines) is 1. The average Bonchev–Trinajstić information content (AvgIpc) is 3.25. The molecule has 0 saturated carbocycles. The second-order valence-electron chi connectivity index (χ2n) is 6.77. The minimum atomic E-state index is -4.21. The van der Waals surface area contributed by atoms with Gasteiger partial charge in [0.1, 0.15) is 17.0 Å². The minimum Gasteiger partial charge on any atom is -0.367 e. The molecule has 9 heteroatoms. The molecule has 0 aromatic carbocycles. The topological polar surface area (TPSA) is 41.0 Å². The van der Waals surface area contributed by atoms with Crippen molar-refractivity contribution in [2.75, 3.05) is 18.4 Å². The number of nitrogens with one attached hydrogen (secondary N) is 1. The predicted octanol–water partition coefficient (Wildman–Crippen LogP) is 4.93. The lowest BCUT2D eigenvalue weighted by Crippen LogP contribution is -2.38. The average molecular weight is 413 g/mol. The molecule has 1 aliphatic rings. The fourth-order valence-electron chi connectivity index (χ4n) is 3.37. The van der Waals surface area contributed by atoms with Gasteiger partial charge in [-0.15, -0.1) is 11.3 Å². The molecule has 0 radical (unpaired) electrons. The van der Waals surface area contributed by atoms with E-state index in [2.05, 4.69) is 37.0 Å². The first kappa shape index (κ1) is 18.6. The predicted molar refractivity (Wildman–Crippen MR) is 103 cm³/mol. The van der Waals surface area contributed by atoms with E-state index in [1.165, 1.54) is 11.9 Å². The lowest BCUT2D eigenvalue weighted by molar-refractivity contribution is -0.126. The van der Waals surface area contributed by atoms with Crippen molar-refractivity contribution in [2.24, 2.45) is 0 Å². The summed E-state index contributed by atoms with van der Waals surface area (Å²) in [4.78, 5) is 11.7. The van der Waals surface area contributed by atoms with Crippen LogP contribution in [-0.2, 0) is 13.0 Å². The Morgan fingerprint density at radius 3 is 2.74 bits per heavy atom. The molecule has 0 atom stereocenters. The summed E-state index contributed by atoms with van der Waals surface area (Å²) < 4.78 is 38.0. The highest BCUT2D eigenvalue weighted by molar-refractivity contribution is 7.18. The van der Waals surface area contributed by atoms with Gasteiger partial charge in [-0.05, 0) is 41.3 Å². The van der Waals surface area contributed by atoms with Gasteiger partial charge in [-0.2, -0.15) is 24.5 Å². The summed E-state index contributed by atoms with van der Waals surface area (Å²) >= 11 is 2.80. The van der Waals surface area contributed by atoms with Gasteiger partial charge < -0.3 is 5.32 Å². The molecule has 0 amide bonds. The Hall–Kier alpha value is -1.71. The highest BCUT2D eigenvalue weighted by atomic mass is 32.1. The molecule has 0 unspecified atom stereocenters. The molecule has 1 fully saturated rings. The van der Waals surface area contributed by atoms with Crippen LogP contribution in [0.4, 0.5) is 19.0 Å². The van der Waals surface area contributed by atoms with Crippen LogP contribution in [0.25, 0.3) is 10.2 Å². The highest BCUT2D eigenvalue weighted by Gasteiger charge is 2.29. The molecular formula is C18H19F3N4S2. The van der Waals surface area contributed by atoms with Gasteiger partial charge in [-0.25, -0.2) is 9.97 Å². The number of fused-ring (bicyclic) bond motifs is 1. The van der Waals surface area contributed by atoms with E-state index in [4.69, 9.17) is 0 Å². The standard InChI is InChI=1S/C18H19F3N4S2/c19-18(20,21)8-14-7-15-16(22-11-23-17(15)27-14)24-13-1-4-25(5-2-13)9-12-3-6-26-10-12/h3,6-7,10-11,13H,1-2,4-5,8-9H2,(H,22,23,24). The Bertz CT molecular complexity index is 884. The largest absolute Gasteiger partial charge is 0.393 e. The molecule has 3 aromatic heterocycles. The number of alkyl halides is 3. The SMILES string of the molecule is FC(F)(F)Cc1cc2c(NC3CCN(Cc4ccsc4)CC3)ncnc2s1. The van der Waals surface area contributed by atoms with E-state index in [1.54, 1.807) is 17.4 Å². The second kappa shape index (κ2) is 7.73. The van der Waals surface area contributed by atoms with E-state index in [-0.39, 0.29) is 10.9 Å². The van der Waals surface area contributed by atoms with Crippen LogP contribution in [0.15, 0.2) is 29.2 Å². The van der Waals surface area contributed by atoms with Gasteiger partial charge in [-0.1, -0.05) is 0 Å². The van der Waals surface area contributed by atoms with Gasteiger partial charge in [0.05, 0.1) is 11.8 Å². The fraction of sp³-hybridized carbons (Fsp3) is 0.444. The van der Waals surface area contributed by atoms with E-state index in [0.29, 0.717) is 16.0 Å². The van der Waals surface area contributed by atoms with Crippen molar-refractivity contribution in [2.45, 2.75) is 38.0 Å². The molecule has 27 heavy (non-hydrogen) atoms. The molecule has 0 bridgehead atoms. The normalized spacial score (nSPS) is 16.9. The molecule has 1 aliphatic heterocycles. The number of aromatic nitrogens is 2. The van der Waals surface area contributed by atoms with Crippen molar-refractivity contribution in [3.8, 4) is 0 Å². The summed E-state index contributed by atoms with van der Waals surface area (Å²) in [6, 6.07) is 4.00. The van der Waals surface area contributed by atoms with Crippen LogP contribution in [0.1, 0.15) is 23.3 Å². The molecule has 4 nitrogen and oxygen atoms in total. The summed E-state index contributed by atoms with van der Waals surface area (Å²) in [5.74, 6) is 0.640. The van der Waals surface area contributed by atoms with Crippen molar-refractivity contribution < 1.29 is 13.2 Å². The van der Waals surface area contributed by atoms with Gasteiger partial charge >= 0.3 is 6.18 Å². The molecule has 0 spiro atoms. The Kier molecular flexibility index (Phi) is 5.34. The molecule has 1 N–H and O–H groups in total. The van der Waals surface area contributed by atoms with Crippen LogP contribution in [0, 0.1) is 0 Å². The van der Waals surface area contributed by atoms with Gasteiger partial charge in [0, 0.05) is 30.6 Å². The maximum atomic E-state index is 12.7. The summed E-state index contributed by atoms with van der Waals surface area (Å²) in [6.45, 7) is 2.95. The van der Waals surface area contributed by atoms with Crippen molar-refractivity contribution in [1.82, 2.24) is 14.9 Å². The molecule has 0 aliphatic carbocycles. The number of hydrogen-bond donors (Lipinski definition) is 1. The lowest BCUT2D eigenvalue weighted by Gasteiger charge is -2.32. The smallest absolute Gasteiger partial charge is 0.367 e. The number of halogens is 3. The van der Waals surface area contributed by atoms with Crippen LogP contribution in [-0.4, -0.2) is 40.2 Å². The molecular weight excluding hydrogens is 393 g/mol. The van der Waals surface area contributed by atoms with Crippen LogP contribution in [0.2, 0.25) is 0 Å². The third-order valence-electron chi connectivity index (χ3n) is 4.67. The van der Waals surface area contributed by atoms with E-state index < -0.39 is 12.6 Å². The number of piperidine rings is 1. The van der Waals surface area contributed by atoms with Gasteiger partial charge in [0.2, 0.25) is 0 Å². The molecule has 4 heterocycles. The first-order valence-electron chi connectivity index (χ1n) is 8.76. The van der Waals surface area contributed by atoms with Gasteiger partial charge in [-0.3, -0.25) is 4.90 Å². The Balaban J connectivity index is 1.40.